The van der Waals surface area contributed by atoms with Crippen LogP contribution in [0.2, 0.25) is 0 Å². The molecule has 2 nitrogen and oxygen atoms in total. The highest BCUT2D eigenvalue weighted by molar-refractivity contribution is 5.29. The maximum atomic E-state index is 4.62. The molecule has 0 fully saturated rings. The Balaban J connectivity index is 2.58. The van der Waals surface area contributed by atoms with Gasteiger partial charge in [0.05, 0.1) is 22.8 Å². The fraction of sp³-hybridized carbons (Fsp3) is 0.636. The molecule has 0 spiro atoms. The molecule has 0 aromatic carbocycles. The second-order valence-corrected chi connectivity index (χ2v) is 4.20. The van der Waals surface area contributed by atoms with Crippen molar-refractivity contribution in [2.24, 2.45) is 0 Å². The van der Waals surface area contributed by atoms with Crippen LogP contribution in [0.4, 0.5) is 0 Å². The Labute approximate surface area is 79.4 Å². The second kappa shape index (κ2) is 2.79. The van der Waals surface area contributed by atoms with Crippen LogP contribution in [-0.4, -0.2) is 9.97 Å². The van der Waals surface area contributed by atoms with Crippen molar-refractivity contribution in [2.45, 2.75) is 46.0 Å². The quantitative estimate of drug-likeness (QED) is 0.607. The zero-order valence-electron chi connectivity index (χ0n) is 8.76. The highest BCUT2D eigenvalue weighted by Crippen LogP contribution is 2.38. The average molecular weight is 176 g/mol. The lowest BCUT2D eigenvalue weighted by molar-refractivity contribution is 0.650. The van der Waals surface area contributed by atoms with Crippen molar-refractivity contribution in [2.75, 3.05) is 0 Å². The van der Waals surface area contributed by atoms with Crippen LogP contribution in [0.25, 0.3) is 0 Å². The number of nitrogens with zero attached hydrogens (tertiary/aromatic N) is 2. The standard InChI is InChI=1S/C11H16N2/c1-6-5-7(2)11-10(6)12-8(3)9(4)13-11/h6-7H,5H2,1-4H3. The Hall–Kier alpha value is -0.920. The molecule has 1 aromatic heterocycles. The van der Waals surface area contributed by atoms with E-state index in [9.17, 15) is 0 Å². The van der Waals surface area contributed by atoms with Crippen LogP contribution in [-0.2, 0) is 0 Å². The molecule has 13 heavy (non-hydrogen) atoms. The van der Waals surface area contributed by atoms with Gasteiger partial charge in [0.2, 0.25) is 0 Å². The van der Waals surface area contributed by atoms with E-state index in [2.05, 4.69) is 23.8 Å². The number of hydrogen-bond acceptors (Lipinski definition) is 2. The first-order valence-electron chi connectivity index (χ1n) is 4.94. The summed E-state index contributed by atoms with van der Waals surface area (Å²) >= 11 is 0. The monoisotopic (exact) mass is 176 g/mol. The lowest BCUT2D eigenvalue weighted by Crippen LogP contribution is -2.01. The third-order valence-electron chi connectivity index (χ3n) is 3.00. The number of aromatic nitrogens is 2. The molecule has 1 aromatic rings. The molecule has 1 heterocycles. The highest BCUT2D eigenvalue weighted by atomic mass is 14.9. The van der Waals surface area contributed by atoms with Crippen molar-refractivity contribution in [3.05, 3.63) is 22.8 Å². The highest BCUT2D eigenvalue weighted by Gasteiger charge is 2.28. The Kier molecular flexibility index (Phi) is 1.86. The average Bonchev–Trinajstić information content (AvgIpc) is 2.31. The molecule has 2 unspecified atom stereocenters. The minimum absolute atomic E-state index is 0.594. The van der Waals surface area contributed by atoms with Crippen molar-refractivity contribution in [1.82, 2.24) is 9.97 Å². The zero-order valence-corrected chi connectivity index (χ0v) is 8.76. The lowest BCUT2D eigenvalue weighted by atomic mass is 10.1. The van der Waals surface area contributed by atoms with Crippen molar-refractivity contribution < 1.29 is 0 Å². The topological polar surface area (TPSA) is 25.8 Å². The molecule has 2 heteroatoms. The van der Waals surface area contributed by atoms with Crippen LogP contribution in [0.15, 0.2) is 0 Å². The van der Waals surface area contributed by atoms with Crippen LogP contribution in [0.1, 0.15) is 54.9 Å². The number of fused-ring (bicyclic) bond motifs is 1. The minimum atomic E-state index is 0.594. The summed E-state index contributed by atoms with van der Waals surface area (Å²) in [5.74, 6) is 1.19. The summed E-state index contributed by atoms with van der Waals surface area (Å²) in [4.78, 5) is 9.24. The van der Waals surface area contributed by atoms with E-state index in [0.717, 1.165) is 11.4 Å². The molecule has 0 radical (unpaired) electrons. The molecule has 0 saturated heterocycles. The number of rotatable bonds is 0. The van der Waals surface area contributed by atoms with E-state index in [4.69, 9.17) is 0 Å². The second-order valence-electron chi connectivity index (χ2n) is 4.20. The normalized spacial score (nSPS) is 26.2. The molecule has 0 N–H and O–H groups in total. The van der Waals surface area contributed by atoms with Gasteiger partial charge in [0, 0.05) is 11.8 Å². The van der Waals surface area contributed by atoms with Gasteiger partial charge in [0.1, 0.15) is 0 Å². The van der Waals surface area contributed by atoms with Crippen LogP contribution < -0.4 is 0 Å². The molecule has 70 valence electrons. The van der Waals surface area contributed by atoms with E-state index in [-0.39, 0.29) is 0 Å². The van der Waals surface area contributed by atoms with Gasteiger partial charge in [-0.15, -0.1) is 0 Å². The van der Waals surface area contributed by atoms with Crippen LogP contribution in [0.5, 0.6) is 0 Å². The van der Waals surface area contributed by atoms with Crippen LogP contribution in [0.3, 0.4) is 0 Å². The number of aryl methyl sites for hydroxylation is 2. The van der Waals surface area contributed by atoms with Crippen LogP contribution in [0, 0.1) is 13.8 Å². The zero-order chi connectivity index (χ0) is 9.59. The van der Waals surface area contributed by atoms with Gasteiger partial charge in [-0.25, -0.2) is 0 Å². The van der Waals surface area contributed by atoms with Gasteiger partial charge in [0.25, 0.3) is 0 Å². The molecular weight excluding hydrogens is 160 g/mol. The largest absolute Gasteiger partial charge is 0.254 e. The van der Waals surface area contributed by atoms with Gasteiger partial charge >= 0.3 is 0 Å². The Morgan fingerprint density at radius 1 is 0.923 bits per heavy atom. The van der Waals surface area contributed by atoms with Gasteiger partial charge in [-0.05, 0) is 20.3 Å². The summed E-state index contributed by atoms with van der Waals surface area (Å²) in [6.45, 7) is 8.56. The molecule has 0 aliphatic heterocycles. The van der Waals surface area contributed by atoms with Gasteiger partial charge in [0.15, 0.2) is 0 Å². The Bertz CT molecular complexity index is 311. The van der Waals surface area contributed by atoms with E-state index in [1.807, 2.05) is 13.8 Å². The van der Waals surface area contributed by atoms with Crippen molar-refractivity contribution in [3.8, 4) is 0 Å². The molecule has 0 saturated carbocycles. The Morgan fingerprint density at radius 2 is 1.31 bits per heavy atom. The van der Waals surface area contributed by atoms with Gasteiger partial charge in [-0.1, -0.05) is 13.8 Å². The molecule has 1 aliphatic rings. The lowest BCUT2D eigenvalue weighted by Gasteiger charge is -2.06. The van der Waals surface area contributed by atoms with Gasteiger partial charge in [-0.3, -0.25) is 9.97 Å². The fourth-order valence-electron chi connectivity index (χ4n) is 2.12. The predicted molar refractivity (Wildman–Crippen MR) is 53.0 cm³/mol. The minimum Gasteiger partial charge on any atom is -0.254 e. The SMILES string of the molecule is Cc1nc2c(nc1C)C(C)CC2C. The first kappa shape index (κ1) is 8.67. The van der Waals surface area contributed by atoms with E-state index in [0.29, 0.717) is 11.8 Å². The molecular formula is C11H16N2. The van der Waals surface area contributed by atoms with Gasteiger partial charge < -0.3 is 0 Å². The summed E-state index contributed by atoms with van der Waals surface area (Å²) in [7, 11) is 0. The van der Waals surface area contributed by atoms with Crippen molar-refractivity contribution in [1.29, 1.82) is 0 Å². The van der Waals surface area contributed by atoms with Crippen molar-refractivity contribution >= 4 is 0 Å². The first-order chi connectivity index (χ1) is 6.09. The first-order valence-corrected chi connectivity index (χ1v) is 4.94. The fourth-order valence-corrected chi connectivity index (χ4v) is 2.12. The van der Waals surface area contributed by atoms with E-state index in [1.54, 1.807) is 0 Å². The van der Waals surface area contributed by atoms with Gasteiger partial charge in [-0.2, -0.15) is 0 Å². The van der Waals surface area contributed by atoms with Crippen LogP contribution >= 0.6 is 0 Å². The van der Waals surface area contributed by atoms with Crippen molar-refractivity contribution in [3.63, 3.8) is 0 Å². The summed E-state index contributed by atoms with van der Waals surface area (Å²) in [6, 6.07) is 0. The molecule has 2 atom stereocenters. The third-order valence-corrected chi connectivity index (χ3v) is 3.00. The maximum absolute atomic E-state index is 4.62. The number of hydrogen-bond donors (Lipinski definition) is 0. The Morgan fingerprint density at radius 3 is 1.69 bits per heavy atom. The molecule has 1 aliphatic carbocycles. The molecule has 0 bridgehead atoms. The predicted octanol–water partition coefficient (Wildman–Crippen LogP) is 2.70. The summed E-state index contributed by atoms with van der Waals surface area (Å²) in [5.41, 5.74) is 4.63. The third kappa shape index (κ3) is 1.25. The van der Waals surface area contributed by atoms with E-state index in [1.165, 1.54) is 17.8 Å². The summed E-state index contributed by atoms with van der Waals surface area (Å²) in [5, 5.41) is 0. The smallest absolute Gasteiger partial charge is 0.0653 e. The summed E-state index contributed by atoms with van der Waals surface area (Å²) in [6.07, 6.45) is 1.21. The molecule has 2 rings (SSSR count). The summed E-state index contributed by atoms with van der Waals surface area (Å²) < 4.78 is 0. The maximum Gasteiger partial charge on any atom is 0.0653 e. The van der Waals surface area contributed by atoms with E-state index < -0.39 is 0 Å². The van der Waals surface area contributed by atoms with E-state index >= 15 is 0 Å². The molecule has 0 amide bonds.